The summed E-state index contributed by atoms with van der Waals surface area (Å²) < 4.78 is 23.8. The topological polar surface area (TPSA) is 55.8 Å². The number of esters is 1. The molecule has 1 aromatic carbocycles. The largest absolute Gasteiger partial charge is 0.486 e. The molecule has 0 radical (unpaired) electrons. The van der Waals surface area contributed by atoms with Crippen molar-refractivity contribution in [3.63, 3.8) is 0 Å². The molecule has 25 heavy (non-hydrogen) atoms. The van der Waals surface area contributed by atoms with E-state index in [-0.39, 0.29) is 24.2 Å². The average Bonchev–Trinajstić information content (AvgIpc) is 3.29. The van der Waals surface area contributed by atoms with Crippen LogP contribution in [-0.4, -0.2) is 36.5 Å². The van der Waals surface area contributed by atoms with Crippen LogP contribution in [0.5, 0.6) is 5.75 Å². The van der Waals surface area contributed by atoms with Gasteiger partial charge in [-0.1, -0.05) is 12.1 Å². The molecule has 1 aromatic heterocycles. The highest BCUT2D eigenvalue weighted by molar-refractivity contribution is 7.12. The highest BCUT2D eigenvalue weighted by Gasteiger charge is 2.35. The summed E-state index contributed by atoms with van der Waals surface area (Å²) >= 11 is 1.29. The molecule has 0 spiro atoms. The minimum Gasteiger partial charge on any atom is -0.486 e. The fourth-order valence-electron chi connectivity index (χ4n) is 2.82. The van der Waals surface area contributed by atoms with Crippen molar-refractivity contribution in [3.8, 4) is 5.75 Å². The van der Waals surface area contributed by atoms with Crippen molar-refractivity contribution in [2.45, 2.75) is 25.5 Å². The quantitative estimate of drug-likeness (QED) is 0.766. The fourth-order valence-corrected chi connectivity index (χ4v) is 3.67. The summed E-state index contributed by atoms with van der Waals surface area (Å²) in [5, 5.41) is 1.80. The number of methoxy groups -OCH3 is 1. The van der Waals surface area contributed by atoms with E-state index < -0.39 is 11.9 Å². The Kier molecular flexibility index (Phi) is 5.33. The lowest BCUT2D eigenvalue weighted by Gasteiger charge is -2.21. The monoisotopic (exact) mass is 363 g/mol. The zero-order valence-corrected chi connectivity index (χ0v) is 14.6. The molecule has 7 heteroatoms. The third-order valence-corrected chi connectivity index (χ3v) is 5.05. The van der Waals surface area contributed by atoms with Gasteiger partial charge in [-0.2, -0.15) is 0 Å². The van der Waals surface area contributed by atoms with Gasteiger partial charge < -0.3 is 14.4 Å². The first-order valence-electron chi connectivity index (χ1n) is 7.93. The van der Waals surface area contributed by atoms with E-state index in [1.807, 2.05) is 0 Å². The van der Waals surface area contributed by atoms with Crippen LogP contribution < -0.4 is 4.74 Å². The molecular weight excluding hydrogens is 345 g/mol. The Balaban J connectivity index is 1.65. The number of ether oxygens (including phenoxy) is 2. The molecule has 3 rings (SSSR count). The lowest BCUT2D eigenvalue weighted by atomic mass is 10.2. The molecule has 132 valence electrons. The van der Waals surface area contributed by atoms with Crippen molar-refractivity contribution < 1.29 is 23.5 Å². The number of amides is 1. The molecule has 1 saturated heterocycles. The van der Waals surface area contributed by atoms with Crippen LogP contribution in [0.4, 0.5) is 4.39 Å². The number of thiophene rings is 1. The van der Waals surface area contributed by atoms with Gasteiger partial charge in [-0.15, -0.1) is 11.3 Å². The van der Waals surface area contributed by atoms with Crippen LogP contribution in [0.25, 0.3) is 0 Å². The maximum Gasteiger partial charge on any atom is 0.328 e. The van der Waals surface area contributed by atoms with Crippen molar-refractivity contribution in [2.75, 3.05) is 13.7 Å². The van der Waals surface area contributed by atoms with E-state index in [1.54, 1.807) is 34.5 Å². The first-order valence-corrected chi connectivity index (χ1v) is 8.81. The number of nitrogens with zero attached hydrogens (tertiary/aromatic N) is 1. The number of carbonyl (C=O) groups excluding carboxylic acids is 2. The van der Waals surface area contributed by atoms with Gasteiger partial charge in [0.25, 0.3) is 5.91 Å². The molecule has 1 aliphatic rings. The Morgan fingerprint density at radius 2 is 2.16 bits per heavy atom. The molecule has 1 amide bonds. The van der Waals surface area contributed by atoms with Gasteiger partial charge >= 0.3 is 5.97 Å². The van der Waals surface area contributed by atoms with Crippen LogP contribution in [0.3, 0.4) is 0 Å². The minimum absolute atomic E-state index is 0.172. The summed E-state index contributed by atoms with van der Waals surface area (Å²) in [6, 6.07) is 7.38. The van der Waals surface area contributed by atoms with Gasteiger partial charge in [0.05, 0.1) is 12.0 Å². The molecule has 1 unspecified atom stereocenters. The van der Waals surface area contributed by atoms with E-state index in [0.717, 1.165) is 12.0 Å². The van der Waals surface area contributed by atoms with Crippen molar-refractivity contribution in [1.82, 2.24) is 4.90 Å². The van der Waals surface area contributed by atoms with Gasteiger partial charge in [0.15, 0.2) is 11.6 Å². The Hall–Kier alpha value is -2.41. The van der Waals surface area contributed by atoms with Gasteiger partial charge in [0.1, 0.15) is 12.6 Å². The van der Waals surface area contributed by atoms with Crippen LogP contribution in [0, 0.1) is 5.82 Å². The third-order valence-electron chi connectivity index (χ3n) is 4.08. The molecule has 2 aromatic rings. The Bertz CT molecular complexity index is 776. The molecule has 1 fully saturated rings. The number of benzene rings is 1. The number of likely N-dealkylation sites (tertiary alicyclic amines) is 1. The molecule has 0 aliphatic carbocycles. The Morgan fingerprint density at radius 3 is 2.92 bits per heavy atom. The van der Waals surface area contributed by atoms with E-state index in [9.17, 15) is 14.0 Å². The molecule has 1 atom stereocenters. The van der Waals surface area contributed by atoms with Crippen LogP contribution in [0.2, 0.25) is 0 Å². The first kappa shape index (κ1) is 17.4. The van der Waals surface area contributed by atoms with Crippen molar-refractivity contribution in [1.29, 1.82) is 0 Å². The molecule has 0 saturated carbocycles. The number of rotatable bonds is 5. The van der Waals surface area contributed by atoms with Gasteiger partial charge in [-0.25, -0.2) is 9.18 Å². The van der Waals surface area contributed by atoms with Gasteiger partial charge in [-0.3, -0.25) is 4.79 Å². The number of hydrogen-bond donors (Lipinski definition) is 0. The highest BCUT2D eigenvalue weighted by atomic mass is 32.1. The summed E-state index contributed by atoms with van der Waals surface area (Å²) in [6.45, 7) is 0.711. The fraction of sp³-hybridized carbons (Fsp3) is 0.333. The van der Waals surface area contributed by atoms with Gasteiger partial charge in [0, 0.05) is 12.1 Å². The Morgan fingerprint density at radius 1 is 1.36 bits per heavy atom. The molecule has 2 heterocycles. The molecular formula is C18H18FNO4S. The maximum absolute atomic E-state index is 13.6. The molecule has 0 N–H and O–H groups in total. The van der Waals surface area contributed by atoms with E-state index in [0.29, 0.717) is 17.8 Å². The number of halogens is 1. The van der Waals surface area contributed by atoms with E-state index >= 15 is 0 Å². The SMILES string of the molecule is COC(=O)C1CCCN1C(=O)c1cc(COc2ccccc2F)cs1. The summed E-state index contributed by atoms with van der Waals surface area (Å²) in [5.41, 5.74) is 0.783. The standard InChI is InChI=1S/C18H18FNO4S/c1-23-18(22)14-6-4-8-20(14)17(21)16-9-12(11-25-16)10-24-15-7-3-2-5-13(15)19/h2-3,5,7,9,11,14H,4,6,8,10H2,1H3. The minimum atomic E-state index is -0.516. The van der Waals surface area contributed by atoms with Crippen molar-refractivity contribution >= 4 is 23.2 Å². The summed E-state index contributed by atoms with van der Waals surface area (Å²) in [5.74, 6) is -0.820. The molecule has 0 bridgehead atoms. The number of para-hydroxylation sites is 1. The van der Waals surface area contributed by atoms with Crippen LogP contribution in [0.1, 0.15) is 28.1 Å². The number of hydrogen-bond acceptors (Lipinski definition) is 5. The Labute approximate surface area is 149 Å². The third kappa shape index (κ3) is 3.82. The van der Waals surface area contributed by atoms with Crippen LogP contribution in [-0.2, 0) is 16.1 Å². The van der Waals surface area contributed by atoms with Gasteiger partial charge in [0.2, 0.25) is 0 Å². The van der Waals surface area contributed by atoms with Crippen molar-refractivity contribution in [2.24, 2.45) is 0 Å². The van der Waals surface area contributed by atoms with Gasteiger partial charge in [-0.05, 0) is 36.4 Å². The smallest absolute Gasteiger partial charge is 0.328 e. The second-order valence-electron chi connectivity index (χ2n) is 5.72. The predicted octanol–water partition coefficient (Wildman–Crippen LogP) is 3.24. The lowest BCUT2D eigenvalue weighted by Crippen LogP contribution is -2.40. The van der Waals surface area contributed by atoms with E-state index in [4.69, 9.17) is 9.47 Å². The van der Waals surface area contributed by atoms with Crippen molar-refractivity contribution in [3.05, 3.63) is 52.0 Å². The highest BCUT2D eigenvalue weighted by Crippen LogP contribution is 2.25. The first-order chi connectivity index (χ1) is 12.1. The zero-order chi connectivity index (χ0) is 17.8. The summed E-state index contributed by atoms with van der Waals surface area (Å²) in [7, 11) is 1.33. The molecule has 1 aliphatic heterocycles. The normalized spacial score (nSPS) is 16.7. The maximum atomic E-state index is 13.6. The number of carbonyl (C=O) groups is 2. The van der Waals surface area contributed by atoms with E-state index in [1.165, 1.54) is 24.5 Å². The zero-order valence-electron chi connectivity index (χ0n) is 13.7. The second kappa shape index (κ2) is 7.65. The lowest BCUT2D eigenvalue weighted by molar-refractivity contribution is -0.145. The molecule has 5 nitrogen and oxygen atoms in total. The summed E-state index contributed by atoms with van der Waals surface area (Å²) in [6.07, 6.45) is 1.40. The summed E-state index contributed by atoms with van der Waals surface area (Å²) in [4.78, 5) is 26.5. The average molecular weight is 363 g/mol. The predicted molar refractivity (Wildman–Crippen MR) is 91.1 cm³/mol. The second-order valence-corrected chi connectivity index (χ2v) is 6.63. The van der Waals surface area contributed by atoms with E-state index in [2.05, 4.69) is 0 Å². The van der Waals surface area contributed by atoms with Crippen LogP contribution >= 0.6 is 11.3 Å². The van der Waals surface area contributed by atoms with Crippen LogP contribution in [0.15, 0.2) is 35.7 Å².